The van der Waals surface area contributed by atoms with Crippen LogP contribution in [0, 0.1) is 6.92 Å². The molecule has 2 rings (SSSR count). The molecular formula is C18H23NO3S. The summed E-state index contributed by atoms with van der Waals surface area (Å²) in [4.78, 5) is 0.305. The first kappa shape index (κ1) is 17.7. The molecule has 0 radical (unpaired) electrons. The fourth-order valence-electron chi connectivity index (χ4n) is 2.44. The monoisotopic (exact) mass is 333 g/mol. The number of nitrogens with zero attached hydrogens (tertiary/aromatic N) is 1. The van der Waals surface area contributed by atoms with Gasteiger partial charge in [0, 0.05) is 14.2 Å². The van der Waals surface area contributed by atoms with Crippen LogP contribution in [-0.2, 0) is 21.2 Å². The average molecular weight is 333 g/mol. The molecule has 1 atom stereocenters. The Morgan fingerprint density at radius 2 is 1.65 bits per heavy atom. The molecule has 0 heterocycles. The third kappa shape index (κ3) is 4.41. The Bertz CT molecular complexity index is 712. The number of methoxy groups -OCH3 is 1. The molecule has 0 amide bonds. The number of ether oxygens (including phenoxy) is 1. The van der Waals surface area contributed by atoms with Crippen LogP contribution in [0.25, 0.3) is 0 Å². The molecule has 2 aromatic rings. The van der Waals surface area contributed by atoms with Gasteiger partial charge in [0.25, 0.3) is 0 Å². The first-order valence-corrected chi connectivity index (χ1v) is 8.96. The van der Waals surface area contributed by atoms with Crippen LogP contribution in [0.2, 0.25) is 0 Å². The summed E-state index contributed by atoms with van der Waals surface area (Å²) in [7, 11) is -0.343. The van der Waals surface area contributed by atoms with Gasteiger partial charge < -0.3 is 4.74 Å². The van der Waals surface area contributed by atoms with Crippen molar-refractivity contribution < 1.29 is 13.2 Å². The highest BCUT2D eigenvalue weighted by molar-refractivity contribution is 7.89. The zero-order chi connectivity index (χ0) is 16.9. The lowest BCUT2D eigenvalue weighted by Gasteiger charge is -2.27. The molecule has 0 bridgehead atoms. The van der Waals surface area contributed by atoms with Crippen LogP contribution < -0.4 is 0 Å². The number of benzene rings is 2. The Morgan fingerprint density at radius 3 is 2.22 bits per heavy atom. The largest absolute Gasteiger partial charge is 0.383 e. The van der Waals surface area contributed by atoms with Crippen LogP contribution in [-0.4, -0.2) is 39.5 Å². The second-order valence-corrected chi connectivity index (χ2v) is 7.63. The zero-order valence-corrected chi connectivity index (χ0v) is 14.6. The molecule has 0 saturated carbocycles. The molecular weight excluding hydrogens is 310 g/mol. The van der Waals surface area contributed by atoms with E-state index < -0.39 is 10.0 Å². The summed E-state index contributed by atoms with van der Waals surface area (Å²) >= 11 is 0. The Kier molecular flexibility index (Phi) is 5.93. The molecule has 0 aromatic heterocycles. The highest BCUT2D eigenvalue weighted by Gasteiger charge is 2.28. The summed E-state index contributed by atoms with van der Waals surface area (Å²) < 4.78 is 32.3. The van der Waals surface area contributed by atoms with E-state index in [-0.39, 0.29) is 6.04 Å². The topological polar surface area (TPSA) is 46.6 Å². The molecule has 5 heteroatoms. The summed E-state index contributed by atoms with van der Waals surface area (Å²) in [6.07, 6.45) is 0.607. The van der Waals surface area contributed by atoms with Crippen LogP contribution in [0.15, 0.2) is 59.5 Å². The van der Waals surface area contributed by atoms with E-state index in [9.17, 15) is 8.42 Å². The molecule has 4 nitrogen and oxygen atoms in total. The third-order valence-electron chi connectivity index (χ3n) is 3.89. The standard InChI is InChI=1S/C18H23NO3S/c1-15-9-11-18(12-10-15)23(20,21)19(2)17(14-22-3)13-16-7-5-4-6-8-16/h4-12,17H,13-14H2,1-3H3/t17-/m0/s1. The van der Waals surface area contributed by atoms with Gasteiger partial charge in [-0.25, -0.2) is 8.42 Å². The number of hydrogen-bond acceptors (Lipinski definition) is 3. The van der Waals surface area contributed by atoms with Crippen molar-refractivity contribution in [2.45, 2.75) is 24.3 Å². The van der Waals surface area contributed by atoms with Crippen LogP contribution in [0.5, 0.6) is 0 Å². The molecule has 124 valence electrons. The van der Waals surface area contributed by atoms with Gasteiger partial charge in [-0.15, -0.1) is 0 Å². The molecule has 2 aromatic carbocycles. The third-order valence-corrected chi connectivity index (χ3v) is 5.81. The van der Waals surface area contributed by atoms with Crippen LogP contribution >= 0.6 is 0 Å². The minimum absolute atomic E-state index is 0.256. The second kappa shape index (κ2) is 7.73. The summed E-state index contributed by atoms with van der Waals surface area (Å²) in [5, 5.41) is 0. The van der Waals surface area contributed by atoms with E-state index in [2.05, 4.69) is 0 Å². The summed E-state index contributed by atoms with van der Waals surface area (Å²) in [5.41, 5.74) is 2.12. The molecule has 0 unspecified atom stereocenters. The predicted molar refractivity (Wildman–Crippen MR) is 91.9 cm³/mol. The zero-order valence-electron chi connectivity index (χ0n) is 13.8. The van der Waals surface area contributed by atoms with Gasteiger partial charge in [0.1, 0.15) is 0 Å². The number of hydrogen-bond donors (Lipinski definition) is 0. The molecule has 0 fully saturated rings. The van der Waals surface area contributed by atoms with Gasteiger partial charge >= 0.3 is 0 Å². The van der Waals surface area contributed by atoms with E-state index in [1.807, 2.05) is 49.4 Å². The minimum Gasteiger partial charge on any atom is -0.383 e. The van der Waals surface area contributed by atoms with E-state index in [1.54, 1.807) is 26.3 Å². The molecule has 0 aliphatic heterocycles. The lowest BCUT2D eigenvalue weighted by Crippen LogP contribution is -2.41. The van der Waals surface area contributed by atoms with Gasteiger partial charge in [-0.1, -0.05) is 48.0 Å². The van der Waals surface area contributed by atoms with Gasteiger partial charge in [-0.05, 0) is 31.0 Å². The van der Waals surface area contributed by atoms with Crippen molar-refractivity contribution in [3.8, 4) is 0 Å². The SMILES string of the molecule is COC[C@H](Cc1ccccc1)N(C)S(=O)(=O)c1ccc(C)cc1. The maximum atomic E-state index is 12.8. The van der Waals surface area contributed by atoms with Crippen molar-refractivity contribution in [2.24, 2.45) is 0 Å². The van der Waals surface area contributed by atoms with E-state index in [0.717, 1.165) is 11.1 Å². The Labute approximate surface area is 138 Å². The lowest BCUT2D eigenvalue weighted by atomic mass is 10.1. The highest BCUT2D eigenvalue weighted by Crippen LogP contribution is 2.19. The fraction of sp³-hybridized carbons (Fsp3) is 0.333. The minimum atomic E-state index is -3.54. The van der Waals surface area contributed by atoms with Crippen LogP contribution in [0.3, 0.4) is 0 Å². The lowest BCUT2D eigenvalue weighted by molar-refractivity contribution is 0.141. The molecule has 0 saturated heterocycles. The van der Waals surface area contributed by atoms with Gasteiger partial charge in [0.15, 0.2) is 0 Å². The smallest absolute Gasteiger partial charge is 0.243 e. The summed E-state index contributed by atoms with van der Waals surface area (Å²) in [6.45, 7) is 2.28. The first-order valence-electron chi connectivity index (χ1n) is 7.52. The molecule has 0 aliphatic rings. The number of likely N-dealkylation sites (N-methyl/N-ethyl adjacent to an activating group) is 1. The molecule has 0 aliphatic carbocycles. The molecule has 23 heavy (non-hydrogen) atoms. The Hall–Kier alpha value is -1.69. The number of aryl methyl sites for hydroxylation is 1. The summed E-state index contributed by atoms with van der Waals surface area (Å²) in [5.74, 6) is 0. The maximum absolute atomic E-state index is 12.8. The van der Waals surface area contributed by atoms with Crippen molar-refractivity contribution >= 4 is 10.0 Å². The van der Waals surface area contributed by atoms with E-state index >= 15 is 0 Å². The normalized spacial score (nSPS) is 13.2. The predicted octanol–water partition coefficient (Wildman–Crippen LogP) is 2.87. The van der Waals surface area contributed by atoms with Crippen molar-refractivity contribution in [3.05, 3.63) is 65.7 Å². The van der Waals surface area contributed by atoms with Gasteiger partial charge in [-0.2, -0.15) is 4.31 Å². The van der Waals surface area contributed by atoms with Gasteiger partial charge in [-0.3, -0.25) is 0 Å². The van der Waals surface area contributed by atoms with Crippen LogP contribution in [0.4, 0.5) is 0 Å². The fourth-order valence-corrected chi connectivity index (χ4v) is 3.78. The van der Waals surface area contributed by atoms with Crippen molar-refractivity contribution in [1.29, 1.82) is 0 Å². The number of sulfonamides is 1. The Balaban J connectivity index is 2.25. The van der Waals surface area contributed by atoms with E-state index in [1.165, 1.54) is 4.31 Å². The van der Waals surface area contributed by atoms with Crippen molar-refractivity contribution in [3.63, 3.8) is 0 Å². The molecule has 0 N–H and O–H groups in total. The van der Waals surface area contributed by atoms with Crippen molar-refractivity contribution in [2.75, 3.05) is 20.8 Å². The van der Waals surface area contributed by atoms with Crippen LogP contribution in [0.1, 0.15) is 11.1 Å². The van der Waals surface area contributed by atoms with Crippen molar-refractivity contribution in [1.82, 2.24) is 4.31 Å². The summed E-state index contributed by atoms with van der Waals surface area (Å²) in [6, 6.07) is 16.5. The highest BCUT2D eigenvalue weighted by atomic mass is 32.2. The van der Waals surface area contributed by atoms with Gasteiger partial charge in [0.05, 0.1) is 17.5 Å². The average Bonchev–Trinajstić information content (AvgIpc) is 2.55. The Morgan fingerprint density at radius 1 is 1.04 bits per heavy atom. The molecule has 0 spiro atoms. The first-order chi connectivity index (χ1) is 10.9. The number of rotatable bonds is 7. The van der Waals surface area contributed by atoms with Gasteiger partial charge in [0.2, 0.25) is 10.0 Å². The van der Waals surface area contributed by atoms with E-state index in [0.29, 0.717) is 17.9 Å². The quantitative estimate of drug-likeness (QED) is 0.783. The maximum Gasteiger partial charge on any atom is 0.243 e. The van der Waals surface area contributed by atoms with E-state index in [4.69, 9.17) is 4.74 Å². The second-order valence-electron chi connectivity index (χ2n) is 5.63.